The fourth-order valence-corrected chi connectivity index (χ4v) is 4.67. The Morgan fingerprint density at radius 3 is 1.93 bits per heavy atom. The van der Waals surface area contributed by atoms with E-state index >= 15 is 4.39 Å². The van der Waals surface area contributed by atoms with Gasteiger partial charge >= 0.3 is 6.36 Å². The summed E-state index contributed by atoms with van der Waals surface area (Å²) in [5.74, 6) is -0.374. The summed E-state index contributed by atoms with van der Waals surface area (Å²) in [7, 11) is 0. The normalized spacial score (nSPS) is 11.4. The zero-order chi connectivity index (χ0) is 29.4. The molecular weight excluding hydrogens is 538 g/mol. The number of alkyl halides is 3. The maximum atomic E-state index is 15.2. The van der Waals surface area contributed by atoms with Crippen molar-refractivity contribution in [1.82, 2.24) is 0 Å². The molecule has 0 aliphatic heterocycles. The molecule has 0 saturated heterocycles. The van der Waals surface area contributed by atoms with E-state index < -0.39 is 29.6 Å². The van der Waals surface area contributed by atoms with Crippen LogP contribution in [-0.2, 0) is 19.3 Å². The van der Waals surface area contributed by atoms with Crippen LogP contribution in [0.25, 0.3) is 10.8 Å². The van der Waals surface area contributed by atoms with E-state index in [1.807, 2.05) is 12.1 Å². The molecule has 0 fully saturated rings. The van der Waals surface area contributed by atoms with Gasteiger partial charge in [0.25, 0.3) is 0 Å². The lowest BCUT2D eigenvalue weighted by Crippen LogP contribution is -2.19. The molecule has 4 aromatic carbocycles. The summed E-state index contributed by atoms with van der Waals surface area (Å²) in [6, 6.07) is 18.6. The molecule has 4 rings (SSSR count). The number of halogens is 6. The molecule has 0 spiro atoms. The summed E-state index contributed by atoms with van der Waals surface area (Å²) >= 11 is 0. The average molecular weight is 569 g/mol. The van der Waals surface area contributed by atoms with Crippen LogP contribution in [0, 0.1) is 29.3 Å². The highest BCUT2D eigenvalue weighted by Gasteiger charge is 2.34. The lowest BCUT2D eigenvalue weighted by Gasteiger charge is -2.10. The maximum absolute atomic E-state index is 15.2. The van der Waals surface area contributed by atoms with Gasteiger partial charge in [-0.3, -0.25) is 0 Å². The van der Waals surface area contributed by atoms with Gasteiger partial charge in [0.05, 0.1) is 5.56 Å². The van der Waals surface area contributed by atoms with Gasteiger partial charge in [-0.15, -0.1) is 13.2 Å². The smallest absolute Gasteiger partial charge is 0.399 e. The standard InChI is InChI=1S/C34H30F6O/c1-2-3-4-5-6-7-23-8-10-24(11-9-23)12-13-25-15-19-29-28(20-25)18-17-27(32(29)37)16-14-26-21-30(35)33(31(36)22-26)41-34(38,39)40/h8-11,15,17-22H,2-7,12-13H2,1H3. The fraction of sp³-hybridized carbons (Fsp3) is 0.294. The van der Waals surface area contributed by atoms with Crippen LogP contribution in [0.5, 0.6) is 5.75 Å². The Balaban J connectivity index is 1.40. The molecule has 0 heterocycles. The van der Waals surface area contributed by atoms with Gasteiger partial charge in [0.1, 0.15) is 5.82 Å². The minimum absolute atomic E-state index is 0.00728. The molecule has 0 radical (unpaired) electrons. The van der Waals surface area contributed by atoms with E-state index in [4.69, 9.17) is 0 Å². The molecule has 0 amide bonds. The van der Waals surface area contributed by atoms with Gasteiger partial charge in [0, 0.05) is 10.9 Å². The van der Waals surface area contributed by atoms with Crippen molar-refractivity contribution in [2.45, 2.75) is 64.7 Å². The van der Waals surface area contributed by atoms with Crippen molar-refractivity contribution in [1.29, 1.82) is 0 Å². The largest absolute Gasteiger partial charge is 0.573 e. The van der Waals surface area contributed by atoms with Crippen molar-refractivity contribution in [3.63, 3.8) is 0 Å². The van der Waals surface area contributed by atoms with Gasteiger partial charge in [-0.1, -0.05) is 93.0 Å². The number of ether oxygens (including phenoxy) is 1. The molecule has 0 unspecified atom stereocenters. The first-order chi connectivity index (χ1) is 19.6. The Kier molecular flexibility index (Phi) is 9.99. The molecule has 214 valence electrons. The summed E-state index contributed by atoms with van der Waals surface area (Å²) in [5, 5.41) is 1.03. The summed E-state index contributed by atoms with van der Waals surface area (Å²) in [6.45, 7) is 2.22. The zero-order valence-corrected chi connectivity index (χ0v) is 22.7. The van der Waals surface area contributed by atoms with Crippen LogP contribution in [-0.4, -0.2) is 6.36 Å². The van der Waals surface area contributed by atoms with E-state index in [0.717, 1.165) is 24.8 Å². The number of benzene rings is 4. The van der Waals surface area contributed by atoms with Gasteiger partial charge < -0.3 is 4.74 Å². The maximum Gasteiger partial charge on any atom is 0.573 e. The van der Waals surface area contributed by atoms with E-state index in [9.17, 15) is 22.0 Å². The second-order valence-electron chi connectivity index (χ2n) is 10.0. The predicted molar refractivity (Wildman–Crippen MR) is 149 cm³/mol. The van der Waals surface area contributed by atoms with Crippen LogP contribution in [0.3, 0.4) is 0 Å². The molecule has 0 saturated carbocycles. The van der Waals surface area contributed by atoms with Crippen molar-refractivity contribution >= 4 is 10.8 Å². The number of unbranched alkanes of at least 4 members (excludes halogenated alkanes) is 4. The minimum atomic E-state index is -5.25. The monoisotopic (exact) mass is 568 g/mol. The summed E-state index contributed by atoms with van der Waals surface area (Å²) in [6.07, 6.45) is 3.82. The van der Waals surface area contributed by atoms with Crippen LogP contribution < -0.4 is 4.74 Å². The second kappa shape index (κ2) is 13.6. The second-order valence-corrected chi connectivity index (χ2v) is 10.0. The van der Waals surface area contributed by atoms with Gasteiger partial charge in [-0.2, -0.15) is 0 Å². The SMILES string of the molecule is CCCCCCCc1ccc(CCc2ccc3c(F)c(C#Cc4cc(F)c(OC(F)(F)F)c(F)c4)ccc3c2)cc1. The average Bonchev–Trinajstić information content (AvgIpc) is 2.93. The molecule has 7 heteroatoms. The van der Waals surface area contributed by atoms with Crippen molar-refractivity contribution < 1.29 is 31.1 Å². The van der Waals surface area contributed by atoms with E-state index in [0.29, 0.717) is 22.9 Å². The molecule has 0 bridgehead atoms. The van der Waals surface area contributed by atoms with Crippen LogP contribution in [0.1, 0.15) is 66.8 Å². The Hall–Kier alpha value is -3.92. The minimum Gasteiger partial charge on any atom is -0.399 e. The van der Waals surface area contributed by atoms with Gasteiger partial charge in [0.15, 0.2) is 11.6 Å². The van der Waals surface area contributed by atoms with E-state index in [-0.39, 0.29) is 11.1 Å². The summed E-state index contributed by atoms with van der Waals surface area (Å²) in [5.41, 5.74) is 3.38. The first kappa shape index (κ1) is 30.0. The van der Waals surface area contributed by atoms with Crippen molar-refractivity contribution in [3.05, 3.63) is 112 Å². The molecule has 1 nitrogen and oxygen atoms in total. The third kappa shape index (κ3) is 8.53. The van der Waals surface area contributed by atoms with Gasteiger partial charge in [-0.05, 0) is 66.0 Å². The van der Waals surface area contributed by atoms with Gasteiger partial charge in [-0.25, -0.2) is 13.2 Å². The lowest BCUT2D eigenvalue weighted by molar-refractivity contribution is -0.276. The quantitative estimate of drug-likeness (QED) is 0.105. The molecule has 4 aromatic rings. The molecule has 0 aromatic heterocycles. The molecule has 0 aliphatic carbocycles. The highest BCUT2D eigenvalue weighted by molar-refractivity contribution is 5.85. The van der Waals surface area contributed by atoms with Crippen LogP contribution in [0.2, 0.25) is 0 Å². The number of aryl methyl sites for hydroxylation is 3. The molecule has 0 N–H and O–H groups in total. The first-order valence-electron chi connectivity index (χ1n) is 13.7. The zero-order valence-electron chi connectivity index (χ0n) is 22.7. The lowest BCUT2D eigenvalue weighted by atomic mass is 9.98. The number of rotatable bonds is 10. The molecule has 0 aliphatic rings. The topological polar surface area (TPSA) is 9.23 Å². The van der Waals surface area contributed by atoms with Crippen molar-refractivity contribution in [2.75, 3.05) is 0 Å². The number of fused-ring (bicyclic) bond motifs is 1. The first-order valence-corrected chi connectivity index (χ1v) is 13.7. The molecule has 41 heavy (non-hydrogen) atoms. The predicted octanol–water partition coefficient (Wildman–Crippen LogP) is 9.85. The van der Waals surface area contributed by atoms with Crippen LogP contribution >= 0.6 is 0 Å². The highest BCUT2D eigenvalue weighted by atomic mass is 19.4. The summed E-state index contributed by atoms with van der Waals surface area (Å²) in [4.78, 5) is 0. The number of hydrogen-bond acceptors (Lipinski definition) is 1. The van der Waals surface area contributed by atoms with E-state index in [2.05, 4.69) is 47.8 Å². The Morgan fingerprint density at radius 1 is 0.659 bits per heavy atom. The van der Waals surface area contributed by atoms with Crippen LogP contribution in [0.15, 0.2) is 66.7 Å². The summed E-state index contributed by atoms with van der Waals surface area (Å²) < 4.78 is 83.4. The fourth-order valence-electron chi connectivity index (χ4n) is 4.67. The molecule has 0 atom stereocenters. The third-order valence-corrected chi connectivity index (χ3v) is 6.87. The Bertz CT molecular complexity index is 1520. The Labute approximate surface area is 236 Å². The van der Waals surface area contributed by atoms with Crippen LogP contribution in [0.4, 0.5) is 26.3 Å². The highest BCUT2D eigenvalue weighted by Crippen LogP contribution is 2.29. The number of hydrogen-bond donors (Lipinski definition) is 0. The van der Waals surface area contributed by atoms with Crippen molar-refractivity contribution in [2.24, 2.45) is 0 Å². The van der Waals surface area contributed by atoms with E-state index in [1.165, 1.54) is 49.3 Å². The van der Waals surface area contributed by atoms with Gasteiger partial charge in [0.2, 0.25) is 5.75 Å². The molecular formula is C34H30F6O. The third-order valence-electron chi connectivity index (χ3n) is 6.87. The van der Waals surface area contributed by atoms with E-state index in [1.54, 1.807) is 12.1 Å². The Morgan fingerprint density at radius 2 is 1.27 bits per heavy atom. The van der Waals surface area contributed by atoms with Crippen molar-refractivity contribution in [3.8, 4) is 17.6 Å².